The Morgan fingerprint density at radius 3 is 2.75 bits per heavy atom. The van der Waals surface area contributed by atoms with Crippen molar-refractivity contribution in [2.45, 2.75) is 31.8 Å². The van der Waals surface area contributed by atoms with Crippen LogP contribution >= 0.6 is 0 Å². The van der Waals surface area contributed by atoms with Crippen LogP contribution in [0.5, 0.6) is 0 Å². The van der Waals surface area contributed by atoms with Gasteiger partial charge >= 0.3 is 5.97 Å². The van der Waals surface area contributed by atoms with Crippen molar-refractivity contribution < 1.29 is 17.9 Å². The van der Waals surface area contributed by atoms with E-state index in [1.54, 1.807) is 13.2 Å². The third-order valence-corrected chi connectivity index (χ3v) is 7.76. The molecule has 5 rings (SSSR count). The Labute approximate surface area is 187 Å². The number of nitrogens with zero attached hydrogens (tertiary/aromatic N) is 2. The Balaban J connectivity index is 1.71. The largest absolute Gasteiger partial charge is 0.465 e. The van der Waals surface area contributed by atoms with Crippen LogP contribution in [0.3, 0.4) is 0 Å². The molecule has 170 valence electrons. The van der Waals surface area contributed by atoms with Crippen LogP contribution in [-0.2, 0) is 26.4 Å². The number of allylic oxidation sites excluding steroid dienone is 1. The fourth-order valence-electron chi connectivity index (χ4n) is 5.40. The number of cyclic esters (lactones) is 1. The van der Waals surface area contributed by atoms with E-state index in [4.69, 9.17) is 4.74 Å². The monoisotopic (exact) mass is 457 g/mol. The van der Waals surface area contributed by atoms with Gasteiger partial charge in [-0.3, -0.25) is 9.59 Å². The van der Waals surface area contributed by atoms with Gasteiger partial charge in [-0.25, -0.2) is 8.42 Å². The molecule has 1 fully saturated rings. The molecule has 0 bridgehead atoms. The van der Waals surface area contributed by atoms with Crippen molar-refractivity contribution in [2.75, 3.05) is 25.2 Å². The molecule has 1 aliphatic carbocycles. The molecular weight excluding hydrogens is 430 g/mol. The predicted octanol–water partition coefficient (Wildman–Crippen LogP) is 1.05. The molecule has 1 saturated heterocycles. The second kappa shape index (κ2) is 7.37. The molecular formula is C23H27N3O5S. The average Bonchev–Trinajstić information content (AvgIpc) is 3.28. The van der Waals surface area contributed by atoms with E-state index in [9.17, 15) is 18.0 Å². The van der Waals surface area contributed by atoms with Gasteiger partial charge in [-0.15, -0.1) is 0 Å². The molecule has 4 aliphatic rings. The standard InChI is InChI=1S/C23H27N3O5S/c1-13(16-6-9-31-23(16)28)26-11-14-10-15(12-32(3,29)30)17-5-8-25(2)22(27)20(17)21-19(14)18(26)4-7-24-21/h5,8,10-11,13,16,18,24H,4,6-7,9,12H2,1-3H3. The van der Waals surface area contributed by atoms with Crippen LogP contribution in [0, 0.1) is 5.92 Å². The first-order chi connectivity index (χ1) is 15.2. The highest BCUT2D eigenvalue weighted by Crippen LogP contribution is 2.44. The second-order valence-electron chi connectivity index (χ2n) is 9.11. The molecule has 1 aromatic heterocycles. The number of rotatable bonds is 4. The van der Waals surface area contributed by atoms with Gasteiger partial charge in [0.15, 0.2) is 9.84 Å². The molecule has 1 aromatic rings. The van der Waals surface area contributed by atoms with Crippen molar-refractivity contribution in [1.82, 2.24) is 14.8 Å². The Kier molecular flexibility index (Phi) is 4.85. The third kappa shape index (κ3) is 3.30. The number of nitrogens with one attached hydrogen (secondary N) is 1. The van der Waals surface area contributed by atoms with Crippen LogP contribution in [0.2, 0.25) is 0 Å². The number of ether oxygens (including phenoxy) is 1. The first-order valence-corrected chi connectivity index (χ1v) is 12.9. The van der Waals surface area contributed by atoms with E-state index < -0.39 is 9.84 Å². The predicted molar refractivity (Wildman–Crippen MR) is 121 cm³/mol. The van der Waals surface area contributed by atoms with Crippen LogP contribution in [0.25, 0.3) is 11.3 Å². The van der Waals surface area contributed by atoms with E-state index in [-0.39, 0.29) is 35.3 Å². The van der Waals surface area contributed by atoms with Gasteiger partial charge in [-0.1, -0.05) is 0 Å². The molecule has 0 amide bonds. The zero-order valence-corrected chi connectivity index (χ0v) is 19.2. The summed E-state index contributed by atoms with van der Waals surface area (Å²) in [6.45, 7) is 3.16. The van der Waals surface area contributed by atoms with Gasteiger partial charge in [0.2, 0.25) is 0 Å². The number of aromatic nitrogens is 1. The Morgan fingerprint density at radius 1 is 1.28 bits per heavy atom. The lowest BCUT2D eigenvalue weighted by molar-refractivity contribution is -0.142. The van der Waals surface area contributed by atoms with E-state index in [1.807, 2.05) is 25.3 Å². The zero-order valence-electron chi connectivity index (χ0n) is 18.4. The van der Waals surface area contributed by atoms with E-state index in [0.29, 0.717) is 36.3 Å². The summed E-state index contributed by atoms with van der Waals surface area (Å²) in [5, 5.41) is 3.43. The van der Waals surface area contributed by atoms with Gasteiger partial charge in [0, 0.05) is 43.9 Å². The summed E-state index contributed by atoms with van der Waals surface area (Å²) in [4.78, 5) is 27.7. The summed E-state index contributed by atoms with van der Waals surface area (Å²) in [6, 6.07) is 1.77. The number of hydrogen-bond donors (Lipinski definition) is 1. The van der Waals surface area contributed by atoms with Crippen molar-refractivity contribution in [2.24, 2.45) is 13.0 Å². The van der Waals surface area contributed by atoms with Gasteiger partial charge in [-0.2, -0.15) is 0 Å². The minimum atomic E-state index is -3.32. The first kappa shape index (κ1) is 21.1. The zero-order chi connectivity index (χ0) is 22.8. The lowest BCUT2D eigenvalue weighted by atomic mass is 9.90. The fraction of sp³-hybridized carbons (Fsp3) is 0.478. The van der Waals surface area contributed by atoms with E-state index >= 15 is 0 Å². The Bertz CT molecular complexity index is 1270. The molecule has 0 saturated carbocycles. The van der Waals surface area contributed by atoms with Gasteiger partial charge in [0.25, 0.3) is 5.56 Å². The molecule has 8 nitrogen and oxygen atoms in total. The maximum absolute atomic E-state index is 13.3. The van der Waals surface area contributed by atoms with Crippen LogP contribution < -0.4 is 10.9 Å². The molecule has 0 radical (unpaired) electrons. The maximum atomic E-state index is 13.3. The van der Waals surface area contributed by atoms with E-state index in [2.05, 4.69) is 10.2 Å². The second-order valence-corrected chi connectivity index (χ2v) is 11.3. The number of fused-ring (bicyclic) bond motifs is 2. The first-order valence-electron chi connectivity index (χ1n) is 10.9. The lowest BCUT2D eigenvalue weighted by Crippen LogP contribution is -2.45. The highest BCUT2D eigenvalue weighted by atomic mass is 32.2. The minimum absolute atomic E-state index is 0.0104. The number of aryl methyl sites for hydroxylation is 1. The third-order valence-electron chi connectivity index (χ3n) is 6.92. The van der Waals surface area contributed by atoms with Gasteiger partial charge < -0.3 is 19.5 Å². The number of sulfone groups is 1. The number of hydrogen-bond acceptors (Lipinski definition) is 7. The highest BCUT2D eigenvalue weighted by molar-refractivity contribution is 7.91. The van der Waals surface area contributed by atoms with E-state index in [0.717, 1.165) is 23.3 Å². The minimum Gasteiger partial charge on any atom is -0.465 e. The smallest absolute Gasteiger partial charge is 0.311 e. The van der Waals surface area contributed by atoms with E-state index in [1.165, 1.54) is 10.8 Å². The Morgan fingerprint density at radius 2 is 2.06 bits per heavy atom. The summed E-state index contributed by atoms with van der Waals surface area (Å²) in [5.41, 5.74) is 4.29. The summed E-state index contributed by atoms with van der Waals surface area (Å²) >= 11 is 0. The Hall–Kier alpha value is -2.81. The normalized spacial score (nSPS) is 25.3. The summed E-state index contributed by atoms with van der Waals surface area (Å²) in [7, 11) is -1.63. The summed E-state index contributed by atoms with van der Waals surface area (Å²) in [6.07, 6.45) is 8.33. The molecule has 1 N–H and O–H groups in total. The number of pyridine rings is 1. The summed E-state index contributed by atoms with van der Waals surface area (Å²) < 4.78 is 31.2. The van der Waals surface area contributed by atoms with Crippen molar-refractivity contribution in [1.29, 1.82) is 0 Å². The van der Waals surface area contributed by atoms with Crippen molar-refractivity contribution in [3.05, 3.63) is 57.2 Å². The molecule has 0 spiro atoms. The SMILES string of the molecule is CC(C1CCOC1=O)N1C=C2C=C(CS(C)(=O)=O)c3ccn(C)c(=O)c3C3=C2C1CCN3. The van der Waals surface area contributed by atoms with Gasteiger partial charge in [-0.05, 0) is 48.6 Å². The van der Waals surface area contributed by atoms with Crippen molar-refractivity contribution in [3.63, 3.8) is 0 Å². The van der Waals surface area contributed by atoms with Crippen molar-refractivity contribution >= 4 is 27.1 Å². The number of esters is 1. The van der Waals surface area contributed by atoms with Crippen LogP contribution in [0.4, 0.5) is 0 Å². The lowest BCUT2D eigenvalue weighted by Gasteiger charge is -2.37. The molecule has 9 heteroatoms. The topological polar surface area (TPSA) is 97.7 Å². The van der Waals surface area contributed by atoms with Crippen LogP contribution in [-0.4, -0.2) is 61.1 Å². The number of carbonyl (C=O) groups excluding carboxylic acids is 1. The fourth-order valence-corrected chi connectivity index (χ4v) is 6.20. The molecule has 4 heterocycles. The highest BCUT2D eigenvalue weighted by Gasteiger charge is 2.43. The summed E-state index contributed by atoms with van der Waals surface area (Å²) in [5.74, 6) is -0.522. The number of carbonyl (C=O) groups is 1. The quantitative estimate of drug-likeness (QED) is 0.675. The maximum Gasteiger partial charge on any atom is 0.311 e. The van der Waals surface area contributed by atoms with Crippen molar-refractivity contribution in [3.8, 4) is 0 Å². The molecule has 3 aliphatic heterocycles. The van der Waals surface area contributed by atoms with Crippen LogP contribution in [0.1, 0.15) is 30.9 Å². The molecule has 3 atom stereocenters. The average molecular weight is 458 g/mol. The van der Waals surface area contributed by atoms with Gasteiger partial charge in [0.05, 0.1) is 35.6 Å². The molecule has 32 heavy (non-hydrogen) atoms. The van der Waals surface area contributed by atoms with Crippen LogP contribution in [0.15, 0.2) is 40.5 Å². The van der Waals surface area contributed by atoms with Gasteiger partial charge in [0.1, 0.15) is 0 Å². The molecule has 0 aromatic carbocycles. The molecule has 3 unspecified atom stereocenters.